The molecule has 4 heterocycles. The average Bonchev–Trinajstić information content (AvgIpc) is 3.82. The van der Waals surface area contributed by atoms with E-state index in [-0.39, 0.29) is 0 Å². The lowest BCUT2D eigenvalue weighted by molar-refractivity contribution is 0.670. The van der Waals surface area contributed by atoms with E-state index in [0.29, 0.717) is 17.5 Å². The Hall–Kier alpha value is -7.44. The summed E-state index contributed by atoms with van der Waals surface area (Å²) in [7, 11) is 0. The highest BCUT2D eigenvalue weighted by atomic mass is 16.3. The van der Waals surface area contributed by atoms with Crippen LogP contribution in [-0.4, -0.2) is 19.9 Å². The molecule has 0 aliphatic carbocycles. The zero-order valence-electron chi connectivity index (χ0n) is 28.8. The average molecular weight is 693 g/mol. The van der Waals surface area contributed by atoms with E-state index in [1.165, 1.54) is 0 Å². The molecule has 0 radical (unpaired) electrons. The standard InChI is InChI=1S/C48H28N4O2/c1-2-11-29(12-3-1)46-50-47(31-22-23-41-30(25-31)13-10-24-49-41)52-48(51-46)34-27-32(35-16-8-18-39-37-14-4-6-20-42(37)53-44(35)39)26-33(28-34)36-17-9-19-40-38-15-5-7-21-43(38)54-45(36)40/h1-28H. The van der Waals surface area contributed by atoms with E-state index in [9.17, 15) is 0 Å². The SMILES string of the molecule is c1ccc(-c2nc(-c3cc(-c4cccc5c4oc4ccccc45)cc(-c4cccc5c4oc4ccccc45)c3)nc(-c3ccc4ncccc4c3)n2)cc1. The lowest BCUT2D eigenvalue weighted by Crippen LogP contribution is -2.00. The summed E-state index contributed by atoms with van der Waals surface area (Å²) >= 11 is 0. The number of rotatable bonds is 5. The van der Waals surface area contributed by atoms with Crippen LogP contribution in [-0.2, 0) is 0 Å². The maximum Gasteiger partial charge on any atom is 0.164 e. The minimum absolute atomic E-state index is 0.557. The Morgan fingerprint density at radius 3 is 1.54 bits per heavy atom. The molecule has 6 heteroatoms. The van der Waals surface area contributed by atoms with Crippen molar-refractivity contribution in [1.82, 2.24) is 19.9 Å². The number of nitrogens with zero attached hydrogens (tertiary/aromatic N) is 4. The predicted molar refractivity (Wildman–Crippen MR) is 217 cm³/mol. The Labute approximate surface area is 309 Å². The summed E-state index contributed by atoms with van der Waals surface area (Å²) in [6.45, 7) is 0. The van der Waals surface area contributed by atoms with Gasteiger partial charge in [-0.15, -0.1) is 0 Å². The Kier molecular flexibility index (Phi) is 6.75. The topological polar surface area (TPSA) is 77.8 Å². The monoisotopic (exact) mass is 692 g/mol. The van der Waals surface area contributed by atoms with Crippen molar-refractivity contribution >= 4 is 54.8 Å². The van der Waals surface area contributed by atoms with Crippen molar-refractivity contribution < 1.29 is 8.83 Å². The lowest BCUT2D eigenvalue weighted by Gasteiger charge is -2.13. The first-order chi connectivity index (χ1) is 26.7. The van der Waals surface area contributed by atoms with Gasteiger partial charge in [0.15, 0.2) is 17.5 Å². The van der Waals surface area contributed by atoms with Crippen molar-refractivity contribution in [3.63, 3.8) is 0 Å². The van der Waals surface area contributed by atoms with Gasteiger partial charge in [0.2, 0.25) is 0 Å². The molecule has 0 unspecified atom stereocenters. The summed E-state index contributed by atoms with van der Waals surface area (Å²) in [6, 6.07) is 55.7. The molecule has 0 atom stereocenters. The number of pyridine rings is 1. The normalized spacial score (nSPS) is 11.7. The smallest absolute Gasteiger partial charge is 0.164 e. The molecular formula is C48H28N4O2. The quantitative estimate of drug-likeness (QED) is 0.179. The Bertz CT molecular complexity index is 3100. The van der Waals surface area contributed by atoms with Crippen molar-refractivity contribution in [3.05, 3.63) is 170 Å². The molecule has 7 aromatic carbocycles. The summed E-state index contributed by atoms with van der Waals surface area (Å²) in [6.07, 6.45) is 1.80. The molecule has 11 aromatic rings. The molecule has 0 saturated heterocycles. The fourth-order valence-corrected chi connectivity index (χ4v) is 7.58. The van der Waals surface area contributed by atoms with Crippen LogP contribution in [0.3, 0.4) is 0 Å². The van der Waals surface area contributed by atoms with Gasteiger partial charge in [0, 0.05) is 60.9 Å². The molecule has 6 nitrogen and oxygen atoms in total. The van der Waals surface area contributed by atoms with Crippen LogP contribution in [0.4, 0.5) is 0 Å². The molecule has 0 aliphatic rings. The second kappa shape index (κ2) is 12.1. The van der Waals surface area contributed by atoms with Crippen molar-refractivity contribution in [2.45, 2.75) is 0 Å². The van der Waals surface area contributed by atoms with Gasteiger partial charge in [-0.1, -0.05) is 109 Å². The van der Waals surface area contributed by atoms with E-state index in [1.807, 2.05) is 84.9 Å². The molecule has 0 fully saturated rings. The maximum atomic E-state index is 6.56. The van der Waals surface area contributed by atoms with E-state index in [2.05, 4.69) is 83.8 Å². The van der Waals surface area contributed by atoms with Crippen LogP contribution in [0.15, 0.2) is 179 Å². The van der Waals surface area contributed by atoms with Gasteiger partial charge in [-0.3, -0.25) is 4.98 Å². The third-order valence-corrected chi connectivity index (χ3v) is 10.2. The highest BCUT2D eigenvalue weighted by molar-refractivity contribution is 6.11. The zero-order chi connectivity index (χ0) is 35.6. The number of aromatic nitrogens is 4. The summed E-state index contributed by atoms with van der Waals surface area (Å²) in [5.41, 5.74) is 10.8. The van der Waals surface area contributed by atoms with Crippen LogP contribution < -0.4 is 0 Å². The predicted octanol–water partition coefficient (Wildman–Crippen LogP) is 12.6. The van der Waals surface area contributed by atoms with Gasteiger partial charge in [0.1, 0.15) is 22.3 Å². The highest BCUT2D eigenvalue weighted by Crippen LogP contribution is 2.42. The number of hydrogen-bond donors (Lipinski definition) is 0. The first kappa shape index (κ1) is 30.2. The zero-order valence-corrected chi connectivity index (χ0v) is 28.8. The number of para-hydroxylation sites is 4. The Morgan fingerprint density at radius 1 is 0.352 bits per heavy atom. The first-order valence-electron chi connectivity index (χ1n) is 17.9. The van der Waals surface area contributed by atoms with E-state index in [1.54, 1.807) is 6.20 Å². The van der Waals surface area contributed by atoms with Crippen molar-refractivity contribution in [3.8, 4) is 56.4 Å². The molecule has 0 N–H and O–H groups in total. The summed E-state index contributed by atoms with van der Waals surface area (Å²) < 4.78 is 13.1. The number of fused-ring (bicyclic) bond motifs is 7. The molecular weight excluding hydrogens is 665 g/mol. The van der Waals surface area contributed by atoms with E-state index >= 15 is 0 Å². The van der Waals surface area contributed by atoms with E-state index in [4.69, 9.17) is 23.8 Å². The Balaban J connectivity index is 1.19. The molecule has 0 amide bonds. The van der Waals surface area contributed by atoms with Gasteiger partial charge in [0.25, 0.3) is 0 Å². The van der Waals surface area contributed by atoms with Crippen molar-refractivity contribution in [1.29, 1.82) is 0 Å². The summed E-state index contributed by atoms with van der Waals surface area (Å²) in [5.74, 6) is 1.73. The van der Waals surface area contributed by atoms with Gasteiger partial charge >= 0.3 is 0 Å². The van der Waals surface area contributed by atoms with Crippen LogP contribution in [0.25, 0.3) is 111 Å². The van der Waals surface area contributed by atoms with E-state index < -0.39 is 0 Å². The van der Waals surface area contributed by atoms with Gasteiger partial charge in [-0.05, 0) is 65.7 Å². The lowest BCUT2D eigenvalue weighted by atomic mass is 9.94. The minimum atomic E-state index is 0.557. The van der Waals surface area contributed by atoms with Crippen LogP contribution >= 0.6 is 0 Å². The van der Waals surface area contributed by atoms with Crippen LogP contribution in [0.1, 0.15) is 0 Å². The summed E-state index contributed by atoms with van der Waals surface area (Å²) in [5, 5.41) is 5.30. The molecule has 0 spiro atoms. The second-order valence-corrected chi connectivity index (χ2v) is 13.4. The second-order valence-electron chi connectivity index (χ2n) is 13.4. The fraction of sp³-hybridized carbons (Fsp3) is 0. The summed E-state index contributed by atoms with van der Waals surface area (Å²) in [4.78, 5) is 19.9. The van der Waals surface area contributed by atoms with Crippen molar-refractivity contribution in [2.75, 3.05) is 0 Å². The fourth-order valence-electron chi connectivity index (χ4n) is 7.58. The minimum Gasteiger partial charge on any atom is -0.455 e. The molecule has 11 rings (SSSR count). The number of hydrogen-bond acceptors (Lipinski definition) is 6. The largest absolute Gasteiger partial charge is 0.455 e. The van der Waals surface area contributed by atoms with Gasteiger partial charge in [-0.2, -0.15) is 0 Å². The third-order valence-electron chi connectivity index (χ3n) is 10.2. The molecule has 54 heavy (non-hydrogen) atoms. The van der Waals surface area contributed by atoms with Crippen molar-refractivity contribution in [2.24, 2.45) is 0 Å². The van der Waals surface area contributed by atoms with Gasteiger partial charge in [-0.25, -0.2) is 15.0 Å². The van der Waals surface area contributed by atoms with Crippen LogP contribution in [0.2, 0.25) is 0 Å². The Morgan fingerprint density at radius 2 is 0.889 bits per heavy atom. The molecule has 4 aromatic heterocycles. The van der Waals surface area contributed by atoms with Crippen LogP contribution in [0.5, 0.6) is 0 Å². The van der Waals surface area contributed by atoms with Gasteiger partial charge in [0.05, 0.1) is 5.52 Å². The molecule has 0 bridgehead atoms. The number of benzene rings is 7. The molecule has 0 saturated carbocycles. The van der Waals surface area contributed by atoms with Crippen LogP contribution in [0, 0.1) is 0 Å². The third kappa shape index (κ3) is 4.96. The highest BCUT2D eigenvalue weighted by Gasteiger charge is 2.19. The van der Waals surface area contributed by atoms with Gasteiger partial charge < -0.3 is 8.83 Å². The maximum absolute atomic E-state index is 6.56. The first-order valence-corrected chi connectivity index (χ1v) is 17.9. The molecule has 0 aliphatic heterocycles. The number of furan rings is 2. The van der Waals surface area contributed by atoms with E-state index in [0.717, 1.165) is 93.7 Å². The molecule has 252 valence electrons.